The molecule has 1 aliphatic rings. The second kappa shape index (κ2) is 4.16. The summed E-state index contributed by atoms with van der Waals surface area (Å²) in [5, 5.41) is 0. The van der Waals surface area contributed by atoms with Gasteiger partial charge in [-0.05, 0) is 6.08 Å². The summed E-state index contributed by atoms with van der Waals surface area (Å²) in [5.41, 5.74) is -1.63. The minimum absolute atomic E-state index is 0.286. The maximum absolute atomic E-state index is 13.4. The van der Waals surface area contributed by atoms with Gasteiger partial charge in [-0.3, -0.25) is 0 Å². The molecule has 15 heavy (non-hydrogen) atoms. The molecule has 0 amide bonds. The van der Waals surface area contributed by atoms with E-state index in [0.717, 1.165) is 6.08 Å². The van der Waals surface area contributed by atoms with Crippen LogP contribution in [-0.4, -0.2) is 12.7 Å². The largest absolute Gasteiger partial charge is 0.303 e. The fourth-order valence-electron chi connectivity index (χ4n) is 1.59. The minimum atomic E-state index is -2.74. The van der Waals surface area contributed by atoms with Crippen LogP contribution in [0.15, 0.2) is 23.8 Å². The Morgan fingerprint density at radius 2 is 2.13 bits per heavy atom. The number of carbonyl (C=O) groups is 1. The molecule has 5 heteroatoms. The Balaban J connectivity index is 3.05. The molecule has 0 saturated carbocycles. The van der Waals surface area contributed by atoms with E-state index < -0.39 is 35.8 Å². The van der Waals surface area contributed by atoms with Gasteiger partial charge in [0.25, 0.3) is 0 Å². The van der Waals surface area contributed by atoms with Crippen molar-refractivity contribution in [3.63, 3.8) is 0 Å². The molecule has 0 heterocycles. The van der Waals surface area contributed by atoms with Crippen LogP contribution in [0.4, 0.5) is 17.6 Å². The van der Waals surface area contributed by atoms with E-state index >= 15 is 0 Å². The SMILES string of the molecule is CC1(CC(F)F)C(F)=CC(F)=CC1C=O. The maximum Gasteiger partial charge on any atom is 0.239 e. The number of allylic oxidation sites excluding steroid dienone is 4. The zero-order valence-corrected chi connectivity index (χ0v) is 8.01. The van der Waals surface area contributed by atoms with Crippen LogP contribution in [0.2, 0.25) is 0 Å². The van der Waals surface area contributed by atoms with Gasteiger partial charge in [0.15, 0.2) is 0 Å². The predicted octanol–water partition coefficient (Wildman–Crippen LogP) is 3.18. The van der Waals surface area contributed by atoms with Crippen molar-refractivity contribution in [3.05, 3.63) is 23.8 Å². The molecule has 0 saturated heterocycles. The lowest BCUT2D eigenvalue weighted by molar-refractivity contribution is -0.113. The highest BCUT2D eigenvalue weighted by molar-refractivity contribution is 5.61. The van der Waals surface area contributed by atoms with Crippen molar-refractivity contribution in [2.24, 2.45) is 11.3 Å². The fourth-order valence-corrected chi connectivity index (χ4v) is 1.59. The predicted molar refractivity (Wildman–Crippen MR) is 46.7 cm³/mol. The Labute approximate surface area is 84.5 Å². The molecule has 0 spiro atoms. The van der Waals surface area contributed by atoms with Crippen LogP contribution in [0.5, 0.6) is 0 Å². The van der Waals surface area contributed by atoms with Gasteiger partial charge in [0.2, 0.25) is 6.43 Å². The number of aldehydes is 1. The van der Waals surface area contributed by atoms with E-state index in [2.05, 4.69) is 0 Å². The molecule has 0 bridgehead atoms. The van der Waals surface area contributed by atoms with Gasteiger partial charge in [0, 0.05) is 23.8 Å². The lowest BCUT2D eigenvalue weighted by Gasteiger charge is -2.33. The van der Waals surface area contributed by atoms with Crippen LogP contribution < -0.4 is 0 Å². The topological polar surface area (TPSA) is 17.1 Å². The molecule has 0 N–H and O–H groups in total. The monoisotopic (exact) mass is 222 g/mol. The number of hydrogen-bond acceptors (Lipinski definition) is 1. The van der Waals surface area contributed by atoms with E-state index in [0.29, 0.717) is 6.08 Å². The average molecular weight is 222 g/mol. The zero-order chi connectivity index (χ0) is 11.6. The fraction of sp³-hybridized carbons (Fsp3) is 0.500. The van der Waals surface area contributed by atoms with Crippen LogP contribution in [-0.2, 0) is 4.79 Å². The van der Waals surface area contributed by atoms with E-state index in [1.807, 2.05) is 0 Å². The lowest BCUT2D eigenvalue weighted by Crippen LogP contribution is -2.32. The van der Waals surface area contributed by atoms with Gasteiger partial charge in [-0.2, -0.15) is 0 Å². The van der Waals surface area contributed by atoms with Crippen molar-refractivity contribution in [2.45, 2.75) is 19.8 Å². The van der Waals surface area contributed by atoms with Crippen molar-refractivity contribution in [2.75, 3.05) is 0 Å². The normalized spacial score (nSPS) is 31.2. The summed E-state index contributed by atoms with van der Waals surface area (Å²) in [4.78, 5) is 10.6. The summed E-state index contributed by atoms with van der Waals surface area (Å²) < 4.78 is 50.6. The van der Waals surface area contributed by atoms with Crippen LogP contribution in [0, 0.1) is 11.3 Å². The molecule has 2 unspecified atom stereocenters. The van der Waals surface area contributed by atoms with Crippen molar-refractivity contribution in [3.8, 4) is 0 Å². The molecule has 1 nitrogen and oxygen atoms in total. The third-order valence-electron chi connectivity index (χ3n) is 2.61. The summed E-state index contributed by atoms with van der Waals surface area (Å²) in [7, 11) is 0. The van der Waals surface area contributed by atoms with E-state index in [1.165, 1.54) is 6.92 Å². The lowest BCUT2D eigenvalue weighted by atomic mass is 9.71. The van der Waals surface area contributed by atoms with Gasteiger partial charge in [-0.1, -0.05) is 6.92 Å². The van der Waals surface area contributed by atoms with Gasteiger partial charge >= 0.3 is 0 Å². The van der Waals surface area contributed by atoms with Gasteiger partial charge < -0.3 is 4.79 Å². The maximum atomic E-state index is 13.4. The second-order valence-electron chi connectivity index (χ2n) is 3.72. The van der Waals surface area contributed by atoms with Crippen molar-refractivity contribution in [1.82, 2.24) is 0 Å². The highest BCUT2D eigenvalue weighted by Crippen LogP contribution is 2.45. The van der Waals surface area contributed by atoms with Crippen LogP contribution in [0.25, 0.3) is 0 Å². The van der Waals surface area contributed by atoms with Crippen LogP contribution >= 0.6 is 0 Å². The van der Waals surface area contributed by atoms with Crippen LogP contribution in [0.1, 0.15) is 13.3 Å². The Kier molecular flexibility index (Phi) is 3.31. The van der Waals surface area contributed by atoms with Crippen molar-refractivity contribution < 1.29 is 22.4 Å². The van der Waals surface area contributed by atoms with Crippen molar-refractivity contribution in [1.29, 1.82) is 0 Å². The summed E-state index contributed by atoms with van der Waals surface area (Å²) in [6.45, 7) is 1.19. The number of hydrogen-bond donors (Lipinski definition) is 0. The molecule has 1 rings (SSSR count). The first-order chi connectivity index (χ1) is 6.90. The first kappa shape index (κ1) is 11.9. The summed E-state index contributed by atoms with van der Waals surface area (Å²) in [5.74, 6) is -3.10. The number of alkyl halides is 2. The molecular weight excluding hydrogens is 212 g/mol. The second-order valence-corrected chi connectivity index (χ2v) is 3.72. The zero-order valence-electron chi connectivity index (χ0n) is 8.01. The summed E-state index contributed by atoms with van der Waals surface area (Å²) in [6.07, 6.45) is -1.86. The molecule has 84 valence electrons. The number of rotatable bonds is 3. The molecule has 0 aromatic carbocycles. The van der Waals surface area contributed by atoms with E-state index in [1.54, 1.807) is 0 Å². The Morgan fingerprint density at radius 1 is 1.53 bits per heavy atom. The molecule has 0 radical (unpaired) electrons. The highest BCUT2D eigenvalue weighted by atomic mass is 19.3. The molecule has 0 fully saturated rings. The molecular formula is C10H10F4O. The molecule has 0 aromatic rings. The van der Waals surface area contributed by atoms with E-state index in [9.17, 15) is 22.4 Å². The standard InChI is InChI=1S/C10H10F4O/c1-10(4-9(13)14)6(5-15)2-7(11)3-8(10)12/h2-3,5-6,9H,4H2,1H3. The quantitative estimate of drug-likeness (QED) is 0.529. The number of halogens is 4. The van der Waals surface area contributed by atoms with Gasteiger partial charge in [0.05, 0.1) is 0 Å². The molecule has 0 aliphatic heterocycles. The smallest absolute Gasteiger partial charge is 0.239 e. The number of carbonyl (C=O) groups excluding carboxylic acids is 1. The van der Waals surface area contributed by atoms with Gasteiger partial charge in [-0.15, -0.1) is 0 Å². The van der Waals surface area contributed by atoms with E-state index in [4.69, 9.17) is 0 Å². The van der Waals surface area contributed by atoms with Crippen molar-refractivity contribution >= 4 is 6.29 Å². The Hall–Kier alpha value is -1.13. The first-order valence-electron chi connectivity index (χ1n) is 4.38. The van der Waals surface area contributed by atoms with Gasteiger partial charge in [0.1, 0.15) is 17.9 Å². The molecule has 2 atom stereocenters. The summed E-state index contributed by atoms with van der Waals surface area (Å²) in [6, 6.07) is 0. The van der Waals surface area contributed by atoms with Gasteiger partial charge in [-0.25, -0.2) is 17.6 Å². The third-order valence-corrected chi connectivity index (χ3v) is 2.61. The molecule has 1 aliphatic carbocycles. The first-order valence-corrected chi connectivity index (χ1v) is 4.38. The van der Waals surface area contributed by atoms with Crippen LogP contribution in [0.3, 0.4) is 0 Å². The highest BCUT2D eigenvalue weighted by Gasteiger charge is 2.42. The molecule has 0 aromatic heterocycles. The third kappa shape index (κ3) is 2.27. The Bertz CT molecular complexity index is 321. The Morgan fingerprint density at radius 3 is 2.60 bits per heavy atom. The van der Waals surface area contributed by atoms with E-state index in [-0.39, 0.29) is 6.29 Å². The minimum Gasteiger partial charge on any atom is -0.303 e. The summed E-state index contributed by atoms with van der Waals surface area (Å²) >= 11 is 0. The average Bonchev–Trinajstić information content (AvgIpc) is 2.10.